The Morgan fingerprint density at radius 1 is 1.19 bits per heavy atom. The summed E-state index contributed by atoms with van der Waals surface area (Å²) in [6.45, 7) is 0.224. The van der Waals surface area contributed by atoms with E-state index in [-0.39, 0.29) is 6.61 Å². The van der Waals surface area contributed by atoms with Gasteiger partial charge in [-0.1, -0.05) is 23.7 Å². The molecule has 12 heteroatoms. The Bertz CT molecular complexity index is 1170. The van der Waals surface area contributed by atoms with Crippen LogP contribution >= 0.6 is 11.6 Å². The lowest BCUT2D eigenvalue weighted by Crippen LogP contribution is -2.31. The fourth-order valence-electron chi connectivity index (χ4n) is 3.89. The third-order valence-electron chi connectivity index (χ3n) is 5.46. The number of nitrogens with zero attached hydrogens (tertiary/aromatic N) is 3. The van der Waals surface area contributed by atoms with Crippen molar-refractivity contribution >= 4 is 38.8 Å². The zero-order valence-corrected chi connectivity index (χ0v) is 17.9. The molecule has 1 aromatic carbocycles. The number of nitrogens with one attached hydrogen (secondary N) is 1. The van der Waals surface area contributed by atoms with E-state index in [1.807, 2.05) is 30.3 Å². The summed E-state index contributed by atoms with van der Waals surface area (Å²) in [6, 6.07) is 8.77. The van der Waals surface area contributed by atoms with Crippen LogP contribution in [0, 0.1) is 5.92 Å². The topological polar surface area (TPSA) is 153 Å². The molecule has 0 spiro atoms. The summed E-state index contributed by atoms with van der Waals surface area (Å²) >= 11 is 5.92. The molecule has 1 fully saturated rings. The molecular weight excluding hydrogens is 446 g/mol. The Hall–Kier alpha value is -2.28. The fourth-order valence-corrected chi connectivity index (χ4v) is 4.38. The van der Waals surface area contributed by atoms with Crippen LogP contribution in [-0.2, 0) is 21.0 Å². The van der Waals surface area contributed by atoms with Crippen LogP contribution in [0.3, 0.4) is 0 Å². The zero-order valence-electron chi connectivity index (χ0n) is 16.3. The summed E-state index contributed by atoms with van der Waals surface area (Å²) in [6.07, 6.45) is 1.19. The highest BCUT2D eigenvalue weighted by Crippen LogP contribution is 2.38. The van der Waals surface area contributed by atoms with Crippen LogP contribution in [-0.4, -0.2) is 52.0 Å². The number of rotatable bonds is 7. The number of benzene rings is 1. The molecule has 0 unspecified atom stereocenters. The van der Waals surface area contributed by atoms with Gasteiger partial charge in [0.1, 0.15) is 23.9 Å². The van der Waals surface area contributed by atoms with Gasteiger partial charge in [-0.05, 0) is 30.2 Å². The van der Waals surface area contributed by atoms with Gasteiger partial charge < -0.3 is 20.1 Å². The summed E-state index contributed by atoms with van der Waals surface area (Å²) in [4.78, 5) is 8.65. The first-order chi connectivity index (χ1) is 14.7. The fraction of sp³-hybridized carbons (Fsp3) is 0.368. The van der Waals surface area contributed by atoms with Crippen LogP contribution in [0.2, 0.25) is 5.02 Å². The van der Waals surface area contributed by atoms with Gasteiger partial charge in [-0.15, -0.1) is 0 Å². The number of aromatic nitrogens is 3. The van der Waals surface area contributed by atoms with E-state index in [4.69, 9.17) is 16.7 Å². The minimum absolute atomic E-state index is 0.291. The zero-order chi connectivity index (χ0) is 22.2. The number of aliphatic hydroxyl groups is 2. The molecule has 166 valence electrons. The second-order valence-corrected chi connectivity index (χ2v) is 9.14. The molecule has 4 rings (SSSR count). The molecule has 2 heterocycles. The molecule has 1 aliphatic carbocycles. The molecule has 2 aromatic heterocycles. The van der Waals surface area contributed by atoms with E-state index in [1.165, 1.54) is 6.33 Å². The van der Waals surface area contributed by atoms with Crippen molar-refractivity contribution in [1.82, 2.24) is 14.5 Å². The monoisotopic (exact) mass is 467 g/mol. The maximum absolute atomic E-state index is 11.1. The van der Waals surface area contributed by atoms with E-state index >= 15 is 0 Å². The highest BCUT2D eigenvalue weighted by molar-refractivity contribution is 7.84. The first-order valence-electron chi connectivity index (χ1n) is 9.56. The van der Waals surface area contributed by atoms with E-state index in [9.17, 15) is 18.6 Å². The Kier molecular flexibility index (Phi) is 6.15. The molecule has 0 saturated heterocycles. The lowest BCUT2D eigenvalue weighted by molar-refractivity contribution is -0.000932. The highest BCUT2D eigenvalue weighted by atomic mass is 35.5. The molecule has 0 amide bonds. The molecule has 0 bridgehead atoms. The van der Waals surface area contributed by atoms with E-state index in [2.05, 4.69) is 19.5 Å². The number of halogens is 1. The normalized spacial score (nSPS) is 24.0. The van der Waals surface area contributed by atoms with Gasteiger partial charge in [0, 0.05) is 23.7 Å². The summed E-state index contributed by atoms with van der Waals surface area (Å²) in [5, 5.41) is 30.5. The van der Waals surface area contributed by atoms with Gasteiger partial charge in [-0.2, -0.15) is 8.42 Å². The maximum Gasteiger partial charge on any atom is 0.333 e. The minimum atomic E-state index is -4.13. The molecule has 0 radical (unpaired) electrons. The average Bonchev–Trinajstić information content (AvgIpc) is 3.27. The molecule has 1 aliphatic rings. The average molecular weight is 468 g/mol. The van der Waals surface area contributed by atoms with Crippen LogP contribution in [0.25, 0.3) is 11.0 Å². The van der Waals surface area contributed by atoms with E-state index in [0.29, 0.717) is 29.5 Å². The molecular formula is C19H22ClN5O5S. The van der Waals surface area contributed by atoms with Crippen molar-refractivity contribution in [2.75, 3.05) is 11.9 Å². The highest BCUT2D eigenvalue weighted by Gasteiger charge is 2.43. The number of hydrogen-bond acceptors (Lipinski definition) is 8. The molecule has 5 N–H and O–H groups in total. The van der Waals surface area contributed by atoms with Gasteiger partial charge >= 0.3 is 10.3 Å². The number of fused-ring (bicyclic) bond motifs is 1. The van der Waals surface area contributed by atoms with Crippen LogP contribution < -0.4 is 10.5 Å². The van der Waals surface area contributed by atoms with Crippen LogP contribution in [0.1, 0.15) is 18.0 Å². The predicted molar refractivity (Wildman–Crippen MR) is 115 cm³/mol. The smallest absolute Gasteiger partial charge is 0.333 e. The lowest BCUT2D eigenvalue weighted by Gasteiger charge is -2.19. The van der Waals surface area contributed by atoms with Crippen molar-refractivity contribution in [1.29, 1.82) is 0 Å². The van der Waals surface area contributed by atoms with Gasteiger partial charge in [0.25, 0.3) is 0 Å². The standard InChI is InChI=1S/C19H22ClN5O5S/c20-13-3-1-11(2-4-13)8-22-18-14-5-6-25(19(14)24-10-23-18)15-7-12(16(26)17(15)27)9-30-31(21,28)29/h1-6,10,12,15-17,26-27H,7-9H2,(H2,21,28,29)(H,22,23,24)/t12-,15+,16+,17-/m0/s1. The number of anilines is 1. The quantitative estimate of drug-likeness (QED) is 0.404. The lowest BCUT2D eigenvalue weighted by atomic mass is 10.1. The van der Waals surface area contributed by atoms with Crippen molar-refractivity contribution in [3.05, 3.63) is 53.4 Å². The third-order valence-corrected chi connectivity index (χ3v) is 6.17. The largest absolute Gasteiger partial charge is 0.390 e. The molecule has 10 nitrogen and oxygen atoms in total. The Balaban J connectivity index is 1.54. The molecule has 1 saturated carbocycles. The van der Waals surface area contributed by atoms with Crippen LogP contribution in [0.4, 0.5) is 5.82 Å². The summed E-state index contributed by atoms with van der Waals surface area (Å²) in [5.74, 6) is 0.0287. The maximum atomic E-state index is 11.1. The molecule has 4 atom stereocenters. The molecule has 0 aliphatic heterocycles. The summed E-state index contributed by atoms with van der Waals surface area (Å²) < 4.78 is 28.5. The van der Waals surface area contributed by atoms with Crippen molar-refractivity contribution in [3.8, 4) is 0 Å². The van der Waals surface area contributed by atoms with Gasteiger partial charge in [0.2, 0.25) is 0 Å². The van der Waals surface area contributed by atoms with Gasteiger partial charge in [0.05, 0.1) is 24.1 Å². The second-order valence-electron chi connectivity index (χ2n) is 7.48. The first kappa shape index (κ1) is 21.9. The van der Waals surface area contributed by atoms with E-state index in [0.717, 1.165) is 10.9 Å². The molecule has 31 heavy (non-hydrogen) atoms. The van der Waals surface area contributed by atoms with Crippen LogP contribution in [0.15, 0.2) is 42.9 Å². The van der Waals surface area contributed by atoms with Crippen molar-refractivity contribution in [2.45, 2.75) is 31.2 Å². The number of nitrogens with two attached hydrogens (primary N) is 1. The van der Waals surface area contributed by atoms with Crippen LogP contribution in [0.5, 0.6) is 0 Å². The van der Waals surface area contributed by atoms with E-state index < -0.39 is 34.5 Å². The second kappa shape index (κ2) is 8.69. The number of aliphatic hydroxyl groups excluding tert-OH is 2. The van der Waals surface area contributed by atoms with Gasteiger partial charge in [-0.25, -0.2) is 15.1 Å². The first-order valence-corrected chi connectivity index (χ1v) is 11.4. The SMILES string of the molecule is NS(=O)(=O)OC[C@@H]1C[C@@H](n2ccc3c(NCc4ccc(Cl)cc4)ncnc32)[C@H](O)[C@@H]1O. The Labute approximate surface area is 183 Å². The minimum Gasteiger partial charge on any atom is -0.390 e. The Morgan fingerprint density at radius 2 is 1.94 bits per heavy atom. The predicted octanol–water partition coefficient (Wildman–Crippen LogP) is 1.20. The molecule has 3 aromatic rings. The third kappa shape index (κ3) is 4.81. The van der Waals surface area contributed by atoms with Crippen molar-refractivity contribution in [3.63, 3.8) is 0 Å². The van der Waals surface area contributed by atoms with Crippen molar-refractivity contribution in [2.24, 2.45) is 11.1 Å². The Morgan fingerprint density at radius 3 is 2.65 bits per heavy atom. The van der Waals surface area contributed by atoms with Gasteiger partial charge in [-0.3, -0.25) is 4.18 Å². The summed E-state index contributed by atoms with van der Waals surface area (Å²) in [5.41, 5.74) is 1.61. The van der Waals surface area contributed by atoms with Crippen molar-refractivity contribution < 1.29 is 22.8 Å². The van der Waals surface area contributed by atoms with Gasteiger partial charge in [0.15, 0.2) is 0 Å². The summed E-state index contributed by atoms with van der Waals surface area (Å²) in [7, 11) is -4.13. The van der Waals surface area contributed by atoms with E-state index in [1.54, 1.807) is 10.8 Å². The number of hydrogen-bond donors (Lipinski definition) is 4.